The average molecular weight is 297 g/mol. The second-order valence-corrected chi connectivity index (χ2v) is 6.39. The number of carbonyl (C=O) groups is 2. The van der Waals surface area contributed by atoms with Crippen LogP contribution in [0, 0.1) is 5.41 Å². The number of rotatable bonds is 4. The minimum atomic E-state index is -0.724. The highest BCUT2D eigenvalue weighted by molar-refractivity contribution is 5.77. The molecule has 2 fully saturated rings. The minimum Gasteiger partial charge on any atom is -0.481 e. The van der Waals surface area contributed by atoms with Gasteiger partial charge in [-0.2, -0.15) is 0 Å². The number of hydrogen-bond acceptors (Lipinski definition) is 3. The molecule has 6 heteroatoms. The third kappa shape index (κ3) is 3.48. The summed E-state index contributed by atoms with van der Waals surface area (Å²) in [4.78, 5) is 27.6. The maximum Gasteiger partial charge on any atom is 0.317 e. The Morgan fingerprint density at radius 2 is 1.95 bits per heavy atom. The molecule has 0 aromatic carbocycles. The van der Waals surface area contributed by atoms with Gasteiger partial charge in [0.15, 0.2) is 0 Å². The topological polar surface area (TPSA) is 72.9 Å². The molecule has 0 aromatic heterocycles. The van der Waals surface area contributed by atoms with Crippen molar-refractivity contribution in [2.24, 2.45) is 5.41 Å². The van der Waals surface area contributed by atoms with Crippen molar-refractivity contribution in [3.05, 3.63) is 0 Å². The van der Waals surface area contributed by atoms with Crippen molar-refractivity contribution < 1.29 is 14.7 Å². The third-order valence-corrected chi connectivity index (χ3v) is 5.30. The number of carboxylic acids is 1. The van der Waals surface area contributed by atoms with Crippen molar-refractivity contribution in [3.8, 4) is 0 Å². The number of piperidine rings is 1. The van der Waals surface area contributed by atoms with Crippen LogP contribution in [0.5, 0.6) is 0 Å². The smallest absolute Gasteiger partial charge is 0.317 e. The summed E-state index contributed by atoms with van der Waals surface area (Å²) >= 11 is 0. The van der Waals surface area contributed by atoms with E-state index in [1.54, 1.807) is 4.90 Å². The van der Waals surface area contributed by atoms with Gasteiger partial charge in [0, 0.05) is 25.7 Å². The molecule has 0 radical (unpaired) electrons. The molecule has 2 aliphatic rings. The summed E-state index contributed by atoms with van der Waals surface area (Å²) in [6.45, 7) is 4.77. The molecule has 2 amide bonds. The summed E-state index contributed by atoms with van der Waals surface area (Å²) in [5.41, 5.74) is -0.636. The molecule has 0 spiro atoms. The molecule has 2 saturated heterocycles. The predicted molar refractivity (Wildman–Crippen MR) is 80.2 cm³/mol. The molecule has 0 bridgehead atoms. The molecule has 2 aliphatic heterocycles. The van der Waals surface area contributed by atoms with E-state index >= 15 is 0 Å². The van der Waals surface area contributed by atoms with E-state index in [4.69, 9.17) is 0 Å². The Kier molecular flexibility index (Phi) is 5.08. The number of likely N-dealkylation sites (N-methyl/N-ethyl adjacent to an activating group) is 1. The summed E-state index contributed by atoms with van der Waals surface area (Å²) in [5.74, 6) is -0.724. The minimum absolute atomic E-state index is 0.0506. The lowest BCUT2D eigenvalue weighted by Gasteiger charge is -2.38. The molecule has 1 unspecified atom stereocenters. The van der Waals surface area contributed by atoms with E-state index in [0.717, 1.165) is 13.0 Å². The van der Waals surface area contributed by atoms with Crippen LogP contribution < -0.4 is 5.32 Å². The van der Waals surface area contributed by atoms with Crippen LogP contribution in [-0.2, 0) is 4.79 Å². The molecule has 1 atom stereocenters. The first-order chi connectivity index (χ1) is 9.98. The van der Waals surface area contributed by atoms with Crippen molar-refractivity contribution in [3.63, 3.8) is 0 Å². The Labute approximate surface area is 126 Å². The summed E-state index contributed by atoms with van der Waals surface area (Å²) in [5, 5.41) is 12.4. The highest BCUT2D eigenvalue weighted by atomic mass is 16.4. The highest BCUT2D eigenvalue weighted by Gasteiger charge is 2.40. The maximum absolute atomic E-state index is 12.2. The summed E-state index contributed by atoms with van der Waals surface area (Å²) in [6, 6.07) is 0.387. The summed E-state index contributed by atoms with van der Waals surface area (Å²) in [7, 11) is 2.09. The van der Waals surface area contributed by atoms with Gasteiger partial charge in [-0.05, 0) is 45.7 Å². The molecule has 0 aromatic rings. The van der Waals surface area contributed by atoms with Crippen LogP contribution in [0.4, 0.5) is 4.79 Å². The van der Waals surface area contributed by atoms with Gasteiger partial charge in [-0.3, -0.25) is 4.79 Å². The van der Waals surface area contributed by atoms with Crippen molar-refractivity contribution >= 4 is 12.0 Å². The van der Waals surface area contributed by atoms with Crippen LogP contribution in [0.1, 0.15) is 39.0 Å². The second-order valence-electron chi connectivity index (χ2n) is 6.39. The third-order valence-electron chi connectivity index (χ3n) is 5.30. The normalized spacial score (nSPS) is 25.8. The van der Waals surface area contributed by atoms with Crippen LogP contribution in [0.25, 0.3) is 0 Å². The molecular formula is C15H27N3O3. The van der Waals surface area contributed by atoms with Gasteiger partial charge in [-0.25, -0.2) is 4.79 Å². The Hall–Kier alpha value is -1.30. The Bertz CT molecular complexity index is 392. The molecule has 2 rings (SSSR count). The first-order valence-electron chi connectivity index (χ1n) is 7.95. The van der Waals surface area contributed by atoms with E-state index in [1.807, 2.05) is 6.92 Å². The number of aliphatic carboxylic acids is 1. The number of carbonyl (C=O) groups excluding carboxylic acids is 1. The van der Waals surface area contributed by atoms with Crippen molar-refractivity contribution in [2.75, 3.05) is 33.2 Å². The molecular weight excluding hydrogens is 270 g/mol. The van der Waals surface area contributed by atoms with E-state index in [1.165, 1.54) is 6.42 Å². The van der Waals surface area contributed by atoms with Crippen LogP contribution in [0.15, 0.2) is 0 Å². The van der Waals surface area contributed by atoms with Gasteiger partial charge in [0.05, 0.1) is 5.41 Å². The zero-order chi connectivity index (χ0) is 15.5. The van der Waals surface area contributed by atoms with Crippen molar-refractivity contribution in [2.45, 2.75) is 45.1 Å². The van der Waals surface area contributed by atoms with Crippen molar-refractivity contribution in [1.29, 1.82) is 0 Å². The monoisotopic (exact) mass is 297 g/mol. The van der Waals surface area contributed by atoms with E-state index < -0.39 is 11.4 Å². The second kappa shape index (κ2) is 6.64. The molecule has 120 valence electrons. The van der Waals surface area contributed by atoms with E-state index in [9.17, 15) is 14.7 Å². The molecule has 2 heterocycles. The fourth-order valence-electron chi connectivity index (χ4n) is 3.41. The van der Waals surface area contributed by atoms with Gasteiger partial charge in [0.2, 0.25) is 0 Å². The first-order valence-corrected chi connectivity index (χ1v) is 7.95. The Balaban J connectivity index is 1.79. The molecule has 21 heavy (non-hydrogen) atoms. The largest absolute Gasteiger partial charge is 0.481 e. The van der Waals surface area contributed by atoms with Gasteiger partial charge in [0.25, 0.3) is 0 Å². The average Bonchev–Trinajstić information content (AvgIpc) is 2.90. The number of urea groups is 1. The standard InChI is InChI=1S/C15H27N3O3/c1-3-15(13(19)20)6-9-18(10-7-15)14(21)16-11-12-5-4-8-17(12)2/h12H,3-11H2,1-2H3,(H,16,21)(H,19,20). The Morgan fingerprint density at radius 3 is 2.43 bits per heavy atom. The molecule has 0 aliphatic carbocycles. The predicted octanol–water partition coefficient (Wildman–Crippen LogP) is 1.37. The lowest BCUT2D eigenvalue weighted by molar-refractivity contribution is -0.151. The lowest BCUT2D eigenvalue weighted by Crippen LogP contribution is -2.51. The maximum atomic E-state index is 12.2. The molecule has 2 N–H and O–H groups in total. The lowest BCUT2D eigenvalue weighted by atomic mass is 9.76. The summed E-state index contributed by atoms with van der Waals surface area (Å²) < 4.78 is 0. The SMILES string of the molecule is CCC1(C(=O)O)CCN(C(=O)NCC2CCCN2C)CC1. The van der Waals surface area contributed by atoms with Gasteiger partial charge >= 0.3 is 12.0 Å². The fraction of sp³-hybridized carbons (Fsp3) is 0.867. The van der Waals surface area contributed by atoms with Gasteiger partial charge in [-0.15, -0.1) is 0 Å². The fourth-order valence-corrected chi connectivity index (χ4v) is 3.41. The van der Waals surface area contributed by atoms with E-state index in [-0.39, 0.29) is 6.03 Å². The van der Waals surface area contributed by atoms with Crippen LogP contribution in [0.2, 0.25) is 0 Å². The first kappa shape index (κ1) is 16.1. The highest BCUT2D eigenvalue weighted by Crippen LogP contribution is 2.35. The zero-order valence-electron chi connectivity index (χ0n) is 13.1. The van der Waals surface area contributed by atoms with E-state index in [0.29, 0.717) is 44.9 Å². The van der Waals surface area contributed by atoms with Gasteiger partial charge in [0.1, 0.15) is 0 Å². The zero-order valence-corrected chi connectivity index (χ0v) is 13.1. The summed E-state index contributed by atoms with van der Waals surface area (Å²) in [6.07, 6.45) is 4.06. The Morgan fingerprint density at radius 1 is 1.29 bits per heavy atom. The molecule has 0 saturated carbocycles. The van der Waals surface area contributed by atoms with Gasteiger partial charge in [-0.1, -0.05) is 6.92 Å². The molecule has 6 nitrogen and oxygen atoms in total. The number of nitrogens with zero attached hydrogens (tertiary/aromatic N) is 2. The quantitative estimate of drug-likeness (QED) is 0.822. The van der Waals surface area contributed by atoms with Crippen molar-refractivity contribution in [1.82, 2.24) is 15.1 Å². The van der Waals surface area contributed by atoms with Gasteiger partial charge < -0.3 is 20.2 Å². The van der Waals surface area contributed by atoms with E-state index in [2.05, 4.69) is 17.3 Å². The van der Waals surface area contributed by atoms with Crippen LogP contribution in [-0.4, -0.2) is 66.2 Å². The number of amides is 2. The van der Waals surface area contributed by atoms with Crippen LogP contribution >= 0.6 is 0 Å². The number of hydrogen-bond donors (Lipinski definition) is 2. The number of carboxylic acid groups (broad SMARTS) is 1. The number of nitrogens with one attached hydrogen (secondary N) is 1. The van der Waals surface area contributed by atoms with Crippen LogP contribution in [0.3, 0.4) is 0 Å². The number of likely N-dealkylation sites (tertiary alicyclic amines) is 2.